The largest absolute Gasteiger partial charge is 0.462 e. The maximum absolute atomic E-state index is 9.81. The molecule has 0 spiro atoms. The van der Waals surface area contributed by atoms with E-state index in [4.69, 9.17) is 9.47 Å². The number of ether oxygens (including phenoxy) is 2. The number of benzene rings is 1. The van der Waals surface area contributed by atoms with Crippen LogP contribution in [0.25, 0.3) is 0 Å². The molecule has 1 heterocycles. The van der Waals surface area contributed by atoms with Crippen molar-refractivity contribution in [3.05, 3.63) is 30.3 Å². The zero-order valence-electron chi connectivity index (χ0n) is 9.52. The quantitative estimate of drug-likeness (QED) is 0.697. The van der Waals surface area contributed by atoms with Crippen LogP contribution in [-0.4, -0.2) is 51.4 Å². The first-order valence-electron chi connectivity index (χ1n) is 5.61. The molecular formula is C12H15BrO5. The fourth-order valence-electron chi connectivity index (χ4n) is 1.77. The molecule has 100 valence electrons. The first-order valence-corrected chi connectivity index (χ1v) is 6.73. The van der Waals surface area contributed by atoms with Crippen molar-refractivity contribution in [3.63, 3.8) is 0 Å². The highest BCUT2D eigenvalue weighted by molar-refractivity contribution is 9.09. The Balaban J connectivity index is 2.08. The molecule has 5 nitrogen and oxygen atoms in total. The van der Waals surface area contributed by atoms with E-state index < -0.39 is 30.7 Å². The predicted octanol–water partition coefficient (Wildman–Crippen LogP) is 0.268. The number of alkyl halides is 1. The molecule has 1 aromatic carbocycles. The van der Waals surface area contributed by atoms with Gasteiger partial charge in [-0.15, -0.1) is 0 Å². The highest BCUT2D eigenvalue weighted by Gasteiger charge is 2.44. The molecule has 0 aromatic heterocycles. The highest BCUT2D eigenvalue weighted by Crippen LogP contribution is 2.24. The summed E-state index contributed by atoms with van der Waals surface area (Å²) < 4.78 is 10.9. The van der Waals surface area contributed by atoms with Crippen LogP contribution in [0.1, 0.15) is 0 Å². The second-order valence-electron chi connectivity index (χ2n) is 4.10. The topological polar surface area (TPSA) is 79.2 Å². The lowest BCUT2D eigenvalue weighted by Crippen LogP contribution is -2.59. The molecule has 1 saturated heterocycles. The van der Waals surface area contributed by atoms with Gasteiger partial charge in [-0.1, -0.05) is 34.1 Å². The fourth-order valence-corrected chi connectivity index (χ4v) is 2.31. The van der Waals surface area contributed by atoms with Crippen molar-refractivity contribution in [2.75, 3.05) is 5.33 Å². The molecular weight excluding hydrogens is 304 g/mol. The van der Waals surface area contributed by atoms with Crippen LogP contribution in [0.15, 0.2) is 30.3 Å². The Morgan fingerprint density at radius 3 is 2.33 bits per heavy atom. The van der Waals surface area contributed by atoms with Gasteiger partial charge in [0.1, 0.15) is 30.2 Å². The van der Waals surface area contributed by atoms with E-state index in [1.165, 1.54) is 0 Å². The zero-order chi connectivity index (χ0) is 13.1. The third-order valence-electron chi connectivity index (χ3n) is 2.82. The van der Waals surface area contributed by atoms with E-state index in [0.717, 1.165) is 0 Å². The summed E-state index contributed by atoms with van der Waals surface area (Å²) in [4.78, 5) is 0. The van der Waals surface area contributed by atoms with Gasteiger partial charge in [-0.2, -0.15) is 0 Å². The summed E-state index contributed by atoms with van der Waals surface area (Å²) in [6, 6.07) is 8.85. The molecule has 1 aliphatic heterocycles. The molecule has 1 aromatic rings. The third kappa shape index (κ3) is 2.84. The van der Waals surface area contributed by atoms with Crippen molar-refractivity contribution < 1.29 is 24.8 Å². The standard InChI is InChI=1S/C12H15BrO5/c13-6-8-9(14)10(15)11(16)12(18-8)17-7-4-2-1-3-5-7/h1-5,8-12,14-16H,6H2/t8-,9-,10+,11-,12-/m1/s1. The molecule has 1 fully saturated rings. The normalized spacial score (nSPS) is 36.3. The van der Waals surface area contributed by atoms with E-state index in [-0.39, 0.29) is 0 Å². The second-order valence-corrected chi connectivity index (χ2v) is 4.75. The summed E-state index contributed by atoms with van der Waals surface area (Å²) in [6.45, 7) is 0. The first kappa shape index (κ1) is 13.8. The lowest BCUT2D eigenvalue weighted by molar-refractivity contribution is -0.266. The minimum Gasteiger partial charge on any atom is -0.462 e. The number of halogens is 1. The number of aliphatic hydroxyl groups is 3. The number of hydrogen-bond acceptors (Lipinski definition) is 5. The van der Waals surface area contributed by atoms with Crippen LogP contribution < -0.4 is 4.74 Å². The second kappa shape index (κ2) is 5.99. The van der Waals surface area contributed by atoms with Crippen molar-refractivity contribution in [3.8, 4) is 5.75 Å². The molecule has 0 saturated carbocycles. The van der Waals surface area contributed by atoms with Gasteiger partial charge in [0.15, 0.2) is 0 Å². The van der Waals surface area contributed by atoms with E-state index >= 15 is 0 Å². The van der Waals surface area contributed by atoms with Gasteiger partial charge in [-0.25, -0.2) is 0 Å². The van der Waals surface area contributed by atoms with Gasteiger partial charge in [0.2, 0.25) is 6.29 Å². The van der Waals surface area contributed by atoms with Gasteiger partial charge >= 0.3 is 0 Å². The van der Waals surface area contributed by atoms with Gasteiger partial charge in [-0.3, -0.25) is 0 Å². The highest BCUT2D eigenvalue weighted by atomic mass is 79.9. The van der Waals surface area contributed by atoms with Crippen molar-refractivity contribution in [1.82, 2.24) is 0 Å². The Labute approximate surface area is 113 Å². The molecule has 3 N–H and O–H groups in total. The average Bonchev–Trinajstić information content (AvgIpc) is 2.40. The lowest BCUT2D eigenvalue weighted by atomic mass is 10.00. The van der Waals surface area contributed by atoms with Crippen LogP contribution in [-0.2, 0) is 4.74 Å². The summed E-state index contributed by atoms with van der Waals surface area (Å²) in [5, 5.41) is 29.5. The average molecular weight is 319 g/mol. The maximum atomic E-state index is 9.81. The third-order valence-corrected chi connectivity index (χ3v) is 3.45. The molecule has 2 rings (SSSR count). The monoisotopic (exact) mass is 318 g/mol. The molecule has 0 radical (unpaired) electrons. The van der Waals surface area contributed by atoms with Crippen LogP contribution in [0.4, 0.5) is 0 Å². The van der Waals surface area contributed by atoms with Crippen molar-refractivity contribution in [2.24, 2.45) is 0 Å². The van der Waals surface area contributed by atoms with Crippen LogP contribution in [0.2, 0.25) is 0 Å². The lowest BCUT2D eigenvalue weighted by Gasteiger charge is -2.39. The maximum Gasteiger partial charge on any atom is 0.229 e. The Bertz CT molecular complexity index is 372. The van der Waals surface area contributed by atoms with Gasteiger partial charge in [0.25, 0.3) is 0 Å². The summed E-state index contributed by atoms with van der Waals surface area (Å²) in [5.41, 5.74) is 0. The van der Waals surface area contributed by atoms with E-state index in [1.807, 2.05) is 6.07 Å². The molecule has 1 aliphatic rings. The summed E-state index contributed by atoms with van der Waals surface area (Å²) in [7, 11) is 0. The zero-order valence-corrected chi connectivity index (χ0v) is 11.1. The molecule has 0 amide bonds. The summed E-state index contributed by atoms with van der Waals surface area (Å²) >= 11 is 3.18. The van der Waals surface area contributed by atoms with Crippen LogP contribution >= 0.6 is 15.9 Å². The van der Waals surface area contributed by atoms with Crippen molar-refractivity contribution in [1.29, 1.82) is 0 Å². The molecule has 0 unspecified atom stereocenters. The Kier molecular flexibility index (Phi) is 4.58. The Morgan fingerprint density at radius 1 is 1.06 bits per heavy atom. The fraction of sp³-hybridized carbons (Fsp3) is 0.500. The first-order chi connectivity index (χ1) is 8.63. The van der Waals surface area contributed by atoms with Gasteiger partial charge in [-0.05, 0) is 12.1 Å². The van der Waals surface area contributed by atoms with Crippen LogP contribution in [0.3, 0.4) is 0 Å². The molecule has 0 aliphatic carbocycles. The number of aliphatic hydroxyl groups excluding tert-OH is 3. The van der Waals surface area contributed by atoms with Crippen LogP contribution in [0.5, 0.6) is 5.75 Å². The van der Waals surface area contributed by atoms with E-state index in [0.29, 0.717) is 11.1 Å². The van der Waals surface area contributed by atoms with E-state index in [2.05, 4.69) is 15.9 Å². The number of hydrogen-bond donors (Lipinski definition) is 3. The van der Waals surface area contributed by atoms with Crippen LogP contribution in [0, 0.1) is 0 Å². The van der Waals surface area contributed by atoms with E-state index in [1.54, 1.807) is 24.3 Å². The molecule has 6 heteroatoms. The number of rotatable bonds is 3. The summed E-state index contributed by atoms with van der Waals surface area (Å²) in [6.07, 6.45) is -5.37. The SMILES string of the molecule is O[C@@H]1[C@@H](O)[C@H](Oc2ccccc2)O[C@H](CBr)[C@H]1O. The van der Waals surface area contributed by atoms with E-state index in [9.17, 15) is 15.3 Å². The van der Waals surface area contributed by atoms with Crippen molar-refractivity contribution in [2.45, 2.75) is 30.7 Å². The smallest absolute Gasteiger partial charge is 0.229 e. The minimum absolute atomic E-state index is 0.340. The number of para-hydroxylation sites is 1. The van der Waals surface area contributed by atoms with Gasteiger partial charge < -0.3 is 24.8 Å². The minimum atomic E-state index is -1.30. The molecule has 0 bridgehead atoms. The van der Waals surface area contributed by atoms with Crippen molar-refractivity contribution >= 4 is 15.9 Å². The molecule has 18 heavy (non-hydrogen) atoms. The predicted molar refractivity (Wildman–Crippen MR) is 67.5 cm³/mol. The van der Waals surface area contributed by atoms with Gasteiger partial charge in [0.05, 0.1) is 0 Å². The summed E-state index contributed by atoms with van der Waals surface area (Å²) in [5.74, 6) is 0.526. The Morgan fingerprint density at radius 2 is 1.72 bits per heavy atom. The van der Waals surface area contributed by atoms with Gasteiger partial charge in [0, 0.05) is 5.33 Å². The Hall–Kier alpha value is -0.660. The molecule has 5 atom stereocenters.